The van der Waals surface area contributed by atoms with Crippen molar-refractivity contribution in [1.29, 1.82) is 0 Å². The van der Waals surface area contributed by atoms with Crippen molar-refractivity contribution in [3.63, 3.8) is 0 Å². The van der Waals surface area contributed by atoms with E-state index in [-0.39, 0.29) is 6.10 Å². The van der Waals surface area contributed by atoms with Gasteiger partial charge in [-0.3, -0.25) is 0 Å². The number of aryl methyl sites for hydroxylation is 1. The number of hydrogen-bond donors (Lipinski definition) is 0. The summed E-state index contributed by atoms with van der Waals surface area (Å²) in [7, 11) is 0. The van der Waals surface area contributed by atoms with Gasteiger partial charge < -0.3 is 4.84 Å². The molecule has 4 heteroatoms. The Kier molecular flexibility index (Phi) is 1.84. The summed E-state index contributed by atoms with van der Waals surface area (Å²) >= 11 is 1.65. The molecule has 0 N–H and O–H groups in total. The standard InChI is InChI=1S/C8H10N2OS/c1-5-3-8(11-10-5)7-4-12-6(2)9-7/h4,8H,3H2,1-2H3. The summed E-state index contributed by atoms with van der Waals surface area (Å²) in [5.41, 5.74) is 2.06. The van der Waals surface area contributed by atoms with Crippen LogP contribution in [0.5, 0.6) is 0 Å². The molecule has 1 aliphatic heterocycles. The predicted octanol–water partition coefficient (Wildman–Crippen LogP) is 2.29. The summed E-state index contributed by atoms with van der Waals surface area (Å²) in [6.45, 7) is 3.97. The monoisotopic (exact) mass is 182 g/mol. The van der Waals surface area contributed by atoms with E-state index < -0.39 is 0 Å². The Balaban J connectivity index is 2.13. The lowest BCUT2D eigenvalue weighted by atomic mass is 10.1. The first-order chi connectivity index (χ1) is 5.75. The molecule has 0 saturated heterocycles. The molecule has 1 aliphatic rings. The zero-order valence-electron chi connectivity index (χ0n) is 7.07. The van der Waals surface area contributed by atoms with E-state index in [1.807, 2.05) is 19.2 Å². The molecule has 1 aromatic heterocycles. The van der Waals surface area contributed by atoms with E-state index in [9.17, 15) is 0 Å². The quantitative estimate of drug-likeness (QED) is 0.667. The molecule has 1 atom stereocenters. The van der Waals surface area contributed by atoms with Gasteiger partial charge in [0.25, 0.3) is 0 Å². The van der Waals surface area contributed by atoms with Crippen molar-refractivity contribution in [2.45, 2.75) is 26.4 Å². The van der Waals surface area contributed by atoms with Crippen LogP contribution in [0, 0.1) is 6.92 Å². The summed E-state index contributed by atoms with van der Waals surface area (Å²) in [4.78, 5) is 9.54. The molecule has 1 aromatic rings. The Bertz CT molecular complexity index is 319. The van der Waals surface area contributed by atoms with Gasteiger partial charge in [-0.1, -0.05) is 5.16 Å². The van der Waals surface area contributed by atoms with Crippen LogP contribution in [0.15, 0.2) is 10.5 Å². The molecule has 0 amide bonds. The second kappa shape index (κ2) is 2.86. The lowest BCUT2D eigenvalue weighted by Crippen LogP contribution is -1.97. The van der Waals surface area contributed by atoms with Gasteiger partial charge in [0.15, 0.2) is 6.10 Å². The fourth-order valence-corrected chi connectivity index (χ4v) is 1.84. The Morgan fingerprint density at radius 1 is 1.58 bits per heavy atom. The third-order valence-electron chi connectivity index (χ3n) is 1.78. The van der Waals surface area contributed by atoms with Crippen molar-refractivity contribution in [2.24, 2.45) is 5.16 Å². The summed E-state index contributed by atoms with van der Waals surface area (Å²) in [5, 5.41) is 7.00. The molecule has 0 fully saturated rings. The summed E-state index contributed by atoms with van der Waals surface area (Å²) in [6.07, 6.45) is 0.943. The molecule has 0 aliphatic carbocycles. The minimum absolute atomic E-state index is 0.0648. The highest BCUT2D eigenvalue weighted by molar-refractivity contribution is 7.09. The van der Waals surface area contributed by atoms with Crippen molar-refractivity contribution < 1.29 is 4.84 Å². The van der Waals surface area contributed by atoms with E-state index in [0.717, 1.165) is 22.8 Å². The summed E-state index contributed by atoms with van der Waals surface area (Å²) in [6, 6.07) is 0. The van der Waals surface area contributed by atoms with Crippen LogP contribution in [0.3, 0.4) is 0 Å². The Labute approximate surface area is 75.1 Å². The molecular weight excluding hydrogens is 172 g/mol. The second-order valence-electron chi connectivity index (χ2n) is 2.92. The molecule has 0 aromatic carbocycles. The van der Waals surface area contributed by atoms with Crippen molar-refractivity contribution in [3.8, 4) is 0 Å². The molecule has 1 unspecified atom stereocenters. The van der Waals surface area contributed by atoms with Crippen molar-refractivity contribution >= 4 is 17.0 Å². The number of hydrogen-bond acceptors (Lipinski definition) is 4. The van der Waals surface area contributed by atoms with Crippen LogP contribution in [-0.4, -0.2) is 10.7 Å². The first-order valence-electron chi connectivity index (χ1n) is 3.87. The molecule has 0 radical (unpaired) electrons. The molecule has 2 rings (SSSR count). The normalized spacial score (nSPS) is 22.2. The van der Waals surface area contributed by atoms with Crippen LogP contribution in [0.2, 0.25) is 0 Å². The van der Waals surface area contributed by atoms with Gasteiger partial charge in [0.2, 0.25) is 0 Å². The second-order valence-corrected chi connectivity index (χ2v) is 3.98. The molecular formula is C8H10N2OS. The smallest absolute Gasteiger partial charge is 0.175 e. The van der Waals surface area contributed by atoms with Gasteiger partial charge in [-0.05, 0) is 13.8 Å². The summed E-state index contributed by atoms with van der Waals surface area (Å²) in [5.74, 6) is 0. The highest BCUT2D eigenvalue weighted by Crippen LogP contribution is 2.27. The van der Waals surface area contributed by atoms with Gasteiger partial charge in [-0.25, -0.2) is 4.98 Å². The largest absolute Gasteiger partial charge is 0.386 e. The average molecular weight is 182 g/mol. The number of aromatic nitrogens is 1. The number of rotatable bonds is 1. The number of nitrogens with zero attached hydrogens (tertiary/aromatic N) is 2. The van der Waals surface area contributed by atoms with Crippen molar-refractivity contribution in [2.75, 3.05) is 0 Å². The third kappa shape index (κ3) is 1.34. The first-order valence-corrected chi connectivity index (χ1v) is 4.75. The van der Waals surface area contributed by atoms with E-state index in [1.165, 1.54) is 0 Å². The first kappa shape index (κ1) is 7.73. The van der Waals surface area contributed by atoms with Gasteiger partial charge in [-0.15, -0.1) is 11.3 Å². The number of oxime groups is 1. The van der Waals surface area contributed by atoms with Crippen LogP contribution in [-0.2, 0) is 4.84 Å². The van der Waals surface area contributed by atoms with Gasteiger partial charge in [0.1, 0.15) is 0 Å². The molecule has 12 heavy (non-hydrogen) atoms. The fourth-order valence-electron chi connectivity index (χ4n) is 1.18. The lowest BCUT2D eigenvalue weighted by molar-refractivity contribution is 0.0829. The highest BCUT2D eigenvalue weighted by atomic mass is 32.1. The topological polar surface area (TPSA) is 34.5 Å². The van der Waals surface area contributed by atoms with E-state index in [0.29, 0.717) is 0 Å². The van der Waals surface area contributed by atoms with Gasteiger partial charge in [-0.2, -0.15) is 0 Å². The highest BCUT2D eigenvalue weighted by Gasteiger charge is 2.22. The lowest BCUT2D eigenvalue weighted by Gasteiger charge is -2.02. The maximum atomic E-state index is 5.20. The minimum atomic E-state index is 0.0648. The van der Waals surface area contributed by atoms with Gasteiger partial charge in [0, 0.05) is 11.8 Å². The van der Waals surface area contributed by atoms with Crippen LogP contribution in [0.4, 0.5) is 0 Å². The Morgan fingerprint density at radius 3 is 2.92 bits per heavy atom. The molecule has 64 valence electrons. The van der Waals surface area contributed by atoms with Crippen LogP contribution in [0.25, 0.3) is 0 Å². The van der Waals surface area contributed by atoms with Crippen molar-refractivity contribution in [1.82, 2.24) is 4.98 Å². The molecule has 0 saturated carbocycles. The van der Waals surface area contributed by atoms with Gasteiger partial charge in [0.05, 0.1) is 16.4 Å². The maximum absolute atomic E-state index is 5.20. The van der Waals surface area contributed by atoms with Crippen LogP contribution >= 0.6 is 11.3 Å². The van der Waals surface area contributed by atoms with Crippen LogP contribution < -0.4 is 0 Å². The van der Waals surface area contributed by atoms with Crippen molar-refractivity contribution in [3.05, 3.63) is 16.1 Å². The van der Waals surface area contributed by atoms with E-state index >= 15 is 0 Å². The van der Waals surface area contributed by atoms with E-state index in [2.05, 4.69) is 10.1 Å². The van der Waals surface area contributed by atoms with E-state index in [1.54, 1.807) is 11.3 Å². The molecule has 0 bridgehead atoms. The maximum Gasteiger partial charge on any atom is 0.175 e. The third-order valence-corrected chi connectivity index (χ3v) is 2.57. The Hall–Kier alpha value is -0.900. The van der Waals surface area contributed by atoms with Gasteiger partial charge >= 0.3 is 0 Å². The van der Waals surface area contributed by atoms with E-state index in [4.69, 9.17) is 4.84 Å². The molecule has 3 nitrogen and oxygen atoms in total. The predicted molar refractivity (Wildman–Crippen MR) is 48.4 cm³/mol. The fraction of sp³-hybridized carbons (Fsp3) is 0.500. The number of thiazole rings is 1. The summed E-state index contributed by atoms with van der Waals surface area (Å²) < 4.78 is 0. The minimum Gasteiger partial charge on any atom is -0.386 e. The molecule has 2 heterocycles. The molecule has 0 spiro atoms. The Morgan fingerprint density at radius 2 is 2.42 bits per heavy atom. The zero-order valence-corrected chi connectivity index (χ0v) is 7.89. The van der Waals surface area contributed by atoms with Crippen LogP contribution in [0.1, 0.15) is 30.2 Å². The SMILES string of the molecule is CC1=NOC(c2csc(C)n2)C1. The average Bonchev–Trinajstić information content (AvgIpc) is 2.58. The zero-order chi connectivity index (χ0) is 8.55.